The van der Waals surface area contributed by atoms with E-state index in [4.69, 9.17) is 0 Å². The quantitative estimate of drug-likeness (QED) is 0.546. The van der Waals surface area contributed by atoms with Gasteiger partial charge in [0.1, 0.15) is 0 Å². The summed E-state index contributed by atoms with van der Waals surface area (Å²) in [5, 5.41) is 0. The zero-order valence-electron chi connectivity index (χ0n) is 12.9. The van der Waals surface area contributed by atoms with Crippen molar-refractivity contribution in [1.82, 2.24) is 0 Å². The van der Waals surface area contributed by atoms with Gasteiger partial charge in [0.2, 0.25) is 5.69 Å². The monoisotopic (exact) mass is 364 g/mol. The van der Waals surface area contributed by atoms with Gasteiger partial charge in [-0.25, -0.2) is 0 Å². The van der Waals surface area contributed by atoms with Gasteiger partial charge in [-0.05, 0) is 23.3 Å². The first-order valence-electron chi connectivity index (χ1n) is 7.76. The molecule has 0 unspecified atom stereocenters. The standard InChI is InChI=1S/C21H18N.BrH/c1-2-9-18(10-3-1)20-12-6-7-13-21(20)22-15-14-17-8-4-5-11-19(17)16-22;/h1-13,16H,14-15H2;1H/q+1;. The van der Waals surface area contributed by atoms with Crippen LogP contribution in [0.4, 0.5) is 5.69 Å². The minimum Gasteiger partial charge on any atom is -0.197 e. The van der Waals surface area contributed by atoms with Crippen molar-refractivity contribution in [3.05, 3.63) is 90.0 Å². The summed E-state index contributed by atoms with van der Waals surface area (Å²) in [4.78, 5) is 0. The highest BCUT2D eigenvalue weighted by Gasteiger charge is 2.20. The Kier molecular flexibility index (Phi) is 4.73. The van der Waals surface area contributed by atoms with E-state index in [0.717, 1.165) is 13.0 Å². The van der Waals surface area contributed by atoms with Crippen molar-refractivity contribution in [3.8, 4) is 11.1 Å². The Morgan fingerprint density at radius 2 is 1.39 bits per heavy atom. The molecule has 0 atom stereocenters. The second-order valence-corrected chi connectivity index (χ2v) is 5.65. The average Bonchev–Trinajstić information content (AvgIpc) is 2.62. The van der Waals surface area contributed by atoms with E-state index in [0.29, 0.717) is 0 Å². The molecule has 0 bridgehead atoms. The van der Waals surface area contributed by atoms with Gasteiger partial charge in [-0.15, -0.1) is 17.0 Å². The maximum atomic E-state index is 2.38. The van der Waals surface area contributed by atoms with Crippen molar-refractivity contribution in [2.45, 2.75) is 6.42 Å². The Hall–Kier alpha value is -2.19. The zero-order valence-corrected chi connectivity index (χ0v) is 14.6. The molecule has 3 aromatic rings. The SMILES string of the molecule is Br.C1=[N+](c2ccccc2-c2ccccc2)CCc2ccccc21. The number of benzene rings is 3. The van der Waals surface area contributed by atoms with Crippen LogP contribution in [0.1, 0.15) is 11.1 Å². The normalized spacial score (nSPS) is 12.8. The van der Waals surface area contributed by atoms with Gasteiger partial charge < -0.3 is 0 Å². The maximum absolute atomic E-state index is 2.38. The van der Waals surface area contributed by atoms with Gasteiger partial charge in [-0.3, -0.25) is 0 Å². The van der Waals surface area contributed by atoms with Gasteiger partial charge >= 0.3 is 0 Å². The lowest BCUT2D eigenvalue weighted by atomic mass is 10.00. The molecule has 23 heavy (non-hydrogen) atoms. The van der Waals surface area contributed by atoms with Crippen molar-refractivity contribution in [2.24, 2.45) is 0 Å². The maximum Gasteiger partial charge on any atom is 0.213 e. The number of nitrogens with zero attached hydrogens (tertiary/aromatic N) is 1. The van der Waals surface area contributed by atoms with E-state index in [1.807, 2.05) is 0 Å². The van der Waals surface area contributed by atoms with Gasteiger partial charge in [-0.2, -0.15) is 4.58 Å². The summed E-state index contributed by atoms with van der Waals surface area (Å²) in [5.41, 5.74) is 6.61. The number of hydrogen-bond donors (Lipinski definition) is 0. The van der Waals surface area contributed by atoms with Crippen LogP contribution in [0.5, 0.6) is 0 Å². The molecule has 0 aliphatic carbocycles. The number of para-hydroxylation sites is 1. The Bertz CT molecular complexity index is 837. The third kappa shape index (κ3) is 3.13. The molecule has 0 amide bonds. The van der Waals surface area contributed by atoms with Crippen molar-refractivity contribution < 1.29 is 4.58 Å². The number of fused-ring (bicyclic) bond motifs is 1. The molecular formula is C21H19BrN+. The van der Waals surface area contributed by atoms with Gasteiger partial charge in [0.25, 0.3) is 0 Å². The van der Waals surface area contributed by atoms with Crippen molar-refractivity contribution in [2.75, 3.05) is 6.54 Å². The van der Waals surface area contributed by atoms with E-state index < -0.39 is 0 Å². The van der Waals surface area contributed by atoms with Crippen LogP contribution in [0.2, 0.25) is 0 Å². The van der Waals surface area contributed by atoms with E-state index in [9.17, 15) is 0 Å². The highest BCUT2D eigenvalue weighted by atomic mass is 79.9. The molecular weight excluding hydrogens is 346 g/mol. The van der Waals surface area contributed by atoms with Gasteiger partial charge in [-0.1, -0.05) is 60.7 Å². The van der Waals surface area contributed by atoms with Crippen LogP contribution >= 0.6 is 17.0 Å². The molecule has 0 spiro atoms. The topological polar surface area (TPSA) is 3.01 Å². The molecule has 0 N–H and O–H groups in total. The molecule has 2 heteroatoms. The Morgan fingerprint density at radius 1 is 0.696 bits per heavy atom. The number of halogens is 1. The summed E-state index contributed by atoms with van der Waals surface area (Å²) in [6.07, 6.45) is 3.37. The van der Waals surface area contributed by atoms with Crippen molar-refractivity contribution in [1.29, 1.82) is 0 Å². The third-order valence-corrected chi connectivity index (χ3v) is 4.27. The summed E-state index contributed by atoms with van der Waals surface area (Å²) in [7, 11) is 0. The molecule has 114 valence electrons. The Morgan fingerprint density at radius 3 is 2.26 bits per heavy atom. The average molecular weight is 365 g/mol. The minimum atomic E-state index is 0. The van der Waals surface area contributed by atoms with Gasteiger partial charge in [0.15, 0.2) is 12.8 Å². The summed E-state index contributed by atoms with van der Waals surface area (Å²) < 4.78 is 2.38. The summed E-state index contributed by atoms with van der Waals surface area (Å²) in [5.74, 6) is 0. The first kappa shape index (κ1) is 15.7. The minimum absolute atomic E-state index is 0. The molecule has 3 aromatic carbocycles. The zero-order chi connectivity index (χ0) is 14.8. The number of hydrogen-bond acceptors (Lipinski definition) is 0. The van der Waals surface area contributed by atoms with E-state index in [2.05, 4.69) is 89.7 Å². The fraction of sp³-hybridized carbons (Fsp3) is 0.0952. The summed E-state index contributed by atoms with van der Waals surface area (Å²) >= 11 is 0. The summed E-state index contributed by atoms with van der Waals surface area (Å²) in [6, 6.07) is 27.9. The van der Waals surface area contributed by atoms with Crippen molar-refractivity contribution in [3.63, 3.8) is 0 Å². The van der Waals surface area contributed by atoms with Crippen molar-refractivity contribution >= 4 is 28.9 Å². The lowest BCUT2D eigenvalue weighted by Crippen LogP contribution is -2.19. The lowest BCUT2D eigenvalue weighted by molar-refractivity contribution is -0.435. The second kappa shape index (κ2) is 6.93. The van der Waals surface area contributed by atoms with Gasteiger partial charge in [0.05, 0.1) is 5.56 Å². The van der Waals surface area contributed by atoms with Crippen LogP contribution in [0.25, 0.3) is 11.1 Å². The Balaban J connectivity index is 0.00000156. The van der Waals surface area contributed by atoms with Crippen LogP contribution in [0.3, 0.4) is 0 Å². The molecule has 1 nitrogen and oxygen atoms in total. The predicted molar refractivity (Wildman–Crippen MR) is 102 cm³/mol. The molecule has 0 radical (unpaired) electrons. The highest BCUT2D eigenvalue weighted by Crippen LogP contribution is 2.30. The fourth-order valence-electron chi connectivity index (χ4n) is 3.14. The van der Waals surface area contributed by atoms with Crippen LogP contribution < -0.4 is 0 Å². The van der Waals surface area contributed by atoms with E-state index >= 15 is 0 Å². The van der Waals surface area contributed by atoms with Crippen LogP contribution in [-0.4, -0.2) is 17.3 Å². The first-order valence-corrected chi connectivity index (χ1v) is 7.76. The predicted octanol–water partition coefficient (Wildman–Crippen LogP) is 5.25. The molecule has 1 heterocycles. The van der Waals surface area contributed by atoms with Crippen LogP contribution in [-0.2, 0) is 6.42 Å². The van der Waals surface area contributed by atoms with E-state index in [1.54, 1.807) is 0 Å². The Labute approximate surface area is 147 Å². The van der Waals surface area contributed by atoms with Crippen LogP contribution in [0.15, 0.2) is 78.9 Å². The molecule has 1 aliphatic heterocycles. The fourth-order valence-corrected chi connectivity index (χ4v) is 3.14. The number of rotatable bonds is 2. The molecule has 0 aromatic heterocycles. The van der Waals surface area contributed by atoms with E-state index in [1.165, 1.54) is 27.9 Å². The molecule has 0 saturated carbocycles. The third-order valence-electron chi connectivity index (χ3n) is 4.27. The molecule has 0 saturated heterocycles. The highest BCUT2D eigenvalue weighted by molar-refractivity contribution is 8.93. The summed E-state index contributed by atoms with van der Waals surface area (Å²) in [6.45, 7) is 1.03. The van der Waals surface area contributed by atoms with E-state index in [-0.39, 0.29) is 17.0 Å². The lowest BCUT2D eigenvalue weighted by Gasteiger charge is -2.14. The van der Waals surface area contributed by atoms with Crippen LogP contribution in [0, 0.1) is 0 Å². The molecule has 1 aliphatic rings. The smallest absolute Gasteiger partial charge is 0.197 e. The largest absolute Gasteiger partial charge is 0.213 e. The molecule has 0 fully saturated rings. The first-order chi connectivity index (χ1) is 10.9. The second-order valence-electron chi connectivity index (χ2n) is 5.65. The molecule has 4 rings (SSSR count). The van der Waals surface area contributed by atoms with Gasteiger partial charge in [0, 0.05) is 18.1 Å².